The summed E-state index contributed by atoms with van der Waals surface area (Å²) in [5.74, 6) is 0.399. The second kappa shape index (κ2) is 13.7. The van der Waals surface area contributed by atoms with Gasteiger partial charge in [0.2, 0.25) is 17.7 Å². The maximum Gasteiger partial charge on any atom is 0.255 e. The van der Waals surface area contributed by atoms with Crippen molar-refractivity contribution in [2.24, 2.45) is 0 Å². The number of rotatable bonds is 6. The van der Waals surface area contributed by atoms with Gasteiger partial charge >= 0.3 is 0 Å². The van der Waals surface area contributed by atoms with Crippen LogP contribution in [-0.4, -0.2) is 92.5 Å². The monoisotopic (exact) mass is 552 g/mol. The summed E-state index contributed by atoms with van der Waals surface area (Å²) in [5.41, 5.74) is 0.263. The first-order chi connectivity index (χ1) is 19.4. The first kappa shape index (κ1) is 28.7. The highest BCUT2D eigenvalue weighted by molar-refractivity contribution is 5.99. The number of para-hydroxylation sites is 1. The highest BCUT2D eigenvalue weighted by Gasteiger charge is 2.36. The second-order valence-corrected chi connectivity index (χ2v) is 9.73. The molecule has 2 aromatic rings. The van der Waals surface area contributed by atoms with Crippen LogP contribution in [0.15, 0.2) is 48.5 Å². The molecule has 2 aromatic carbocycles. The van der Waals surface area contributed by atoms with E-state index in [2.05, 4.69) is 10.6 Å². The average Bonchev–Trinajstić information content (AvgIpc) is 3.47. The average molecular weight is 553 g/mol. The Labute approximate surface area is 233 Å². The normalized spacial score (nSPS) is 20.3. The molecule has 2 atom stereocenters. The summed E-state index contributed by atoms with van der Waals surface area (Å²) in [6.45, 7) is 1.36. The van der Waals surface area contributed by atoms with Gasteiger partial charge in [-0.15, -0.1) is 0 Å². The summed E-state index contributed by atoms with van der Waals surface area (Å²) in [7, 11) is 3.26. The summed E-state index contributed by atoms with van der Waals surface area (Å²) >= 11 is 0. The predicted octanol–water partition coefficient (Wildman–Crippen LogP) is 1.61. The first-order valence-corrected chi connectivity index (χ1v) is 13.5. The quantitative estimate of drug-likeness (QED) is 0.522. The van der Waals surface area contributed by atoms with Crippen LogP contribution in [0.25, 0.3) is 0 Å². The maximum absolute atomic E-state index is 13.2. The van der Waals surface area contributed by atoms with Crippen molar-refractivity contribution in [3.8, 4) is 17.2 Å². The van der Waals surface area contributed by atoms with Gasteiger partial charge in [-0.05, 0) is 55.7 Å². The van der Waals surface area contributed by atoms with E-state index < -0.39 is 23.9 Å². The van der Waals surface area contributed by atoms with Crippen LogP contribution in [0.5, 0.6) is 17.2 Å². The first-order valence-electron chi connectivity index (χ1n) is 13.5. The molecular formula is C29H36N4O7. The van der Waals surface area contributed by atoms with E-state index in [0.717, 1.165) is 6.42 Å². The number of benzene rings is 2. The number of carbonyl (C=O) groups excluding carboxylic acids is 4. The molecule has 0 bridgehead atoms. The standard InChI is InChI=1S/C29H36N4O7/c1-32-17-19-40-25-8-4-3-6-22(25)27(35)31-23(13-14-26(34)33-16-5-7-24(33)29(32)37)28(36)30-15-18-39-21-11-9-20(38-2)10-12-21/h3-4,6,8-12,23-24H,5,7,13-19H2,1-2H3,(H,30,36)(H,31,35)/t23-,24-/m0/s1. The molecule has 2 heterocycles. The van der Waals surface area contributed by atoms with Gasteiger partial charge in [0, 0.05) is 20.0 Å². The van der Waals surface area contributed by atoms with E-state index in [4.69, 9.17) is 14.2 Å². The summed E-state index contributed by atoms with van der Waals surface area (Å²) < 4.78 is 16.7. The van der Waals surface area contributed by atoms with E-state index in [-0.39, 0.29) is 50.0 Å². The van der Waals surface area contributed by atoms with Gasteiger partial charge in [-0.2, -0.15) is 0 Å². The Morgan fingerprint density at radius 3 is 2.58 bits per heavy atom. The minimum Gasteiger partial charge on any atom is -0.497 e. The van der Waals surface area contributed by atoms with E-state index in [1.165, 1.54) is 0 Å². The summed E-state index contributed by atoms with van der Waals surface area (Å²) in [6.07, 6.45) is 1.40. The Morgan fingerprint density at radius 1 is 1.05 bits per heavy atom. The third kappa shape index (κ3) is 7.22. The van der Waals surface area contributed by atoms with Gasteiger partial charge in [0.05, 0.1) is 25.8 Å². The van der Waals surface area contributed by atoms with Crippen molar-refractivity contribution in [2.75, 3.05) is 47.0 Å². The molecule has 4 rings (SSSR count). The van der Waals surface area contributed by atoms with Gasteiger partial charge in [0.1, 0.15) is 42.5 Å². The molecule has 2 N–H and O–H groups in total. The van der Waals surface area contributed by atoms with Crippen LogP contribution in [-0.2, 0) is 14.4 Å². The third-order valence-electron chi connectivity index (χ3n) is 7.05. The largest absolute Gasteiger partial charge is 0.497 e. The van der Waals surface area contributed by atoms with Crippen LogP contribution in [0.4, 0.5) is 0 Å². The van der Waals surface area contributed by atoms with Gasteiger partial charge in [-0.3, -0.25) is 19.2 Å². The van der Waals surface area contributed by atoms with E-state index in [0.29, 0.717) is 36.8 Å². The topological polar surface area (TPSA) is 127 Å². The van der Waals surface area contributed by atoms with Crippen molar-refractivity contribution in [3.05, 3.63) is 54.1 Å². The molecule has 40 heavy (non-hydrogen) atoms. The Kier molecular flexibility index (Phi) is 9.82. The fourth-order valence-corrected chi connectivity index (χ4v) is 4.81. The highest BCUT2D eigenvalue weighted by Crippen LogP contribution is 2.23. The number of fused-ring (bicyclic) bond motifs is 2. The second-order valence-electron chi connectivity index (χ2n) is 9.73. The van der Waals surface area contributed by atoms with E-state index in [9.17, 15) is 19.2 Å². The van der Waals surface area contributed by atoms with Gasteiger partial charge in [0.25, 0.3) is 5.91 Å². The Morgan fingerprint density at radius 2 is 1.80 bits per heavy atom. The lowest BCUT2D eigenvalue weighted by Gasteiger charge is -2.28. The van der Waals surface area contributed by atoms with E-state index >= 15 is 0 Å². The van der Waals surface area contributed by atoms with Crippen molar-refractivity contribution >= 4 is 23.6 Å². The van der Waals surface area contributed by atoms with Crippen LogP contribution in [0.1, 0.15) is 36.0 Å². The number of hydrogen-bond donors (Lipinski definition) is 2. The van der Waals surface area contributed by atoms with Crippen LogP contribution in [0, 0.1) is 0 Å². The summed E-state index contributed by atoms with van der Waals surface area (Å²) in [5, 5.41) is 5.57. The number of methoxy groups -OCH3 is 1. The highest BCUT2D eigenvalue weighted by atomic mass is 16.5. The molecule has 0 radical (unpaired) electrons. The predicted molar refractivity (Wildman–Crippen MR) is 146 cm³/mol. The van der Waals surface area contributed by atoms with Gasteiger partial charge in [0.15, 0.2) is 0 Å². The van der Waals surface area contributed by atoms with Crippen molar-refractivity contribution < 1.29 is 33.4 Å². The van der Waals surface area contributed by atoms with Gasteiger partial charge < -0.3 is 34.6 Å². The van der Waals surface area contributed by atoms with Crippen LogP contribution < -0.4 is 24.8 Å². The fourth-order valence-electron chi connectivity index (χ4n) is 4.81. The smallest absolute Gasteiger partial charge is 0.255 e. The molecular weight excluding hydrogens is 516 g/mol. The van der Waals surface area contributed by atoms with Gasteiger partial charge in [-0.25, -0.2) is 0 Å². The molecule has 4 amide bonds. The molecule has 1 fully saturated rings. The Hall–Kier alpha value is -4.28. The van der Waals surface area contributed by atoms with E-state index in [1.54, 1.807) is 72.5 Å². The number of carbonyl (C=O) groups is 4. The number of amides is 4. The lowest BCUT2D eigenvalue weighted by molar-refractivity contribution is -0.143. The Bertz CT molecular complexity index is 1200. The summed E-state index contributed by atoms with van der Waals surface area (Å²) in [4.78, 5) is 55.8. The number of nitrogens with zero attached hydrogens (tertiary/aromatic N) is 2. The molecule has 0 unspecified atom stereocenters. The minimum absolute atomic E-state index is 0.00631. The molecule has 11 nitrogen and oxygen atoms in total. The molecule has 2 aliphatic rings. The molecule has 0 saturated carbocycles. The fraction of sp³-hybridized carbons (Fsp3) is 0.448. The van der Waals surface area contributed by atoms with Crippen molar-refractivity contribution in [3.63, 3.8) is 0 Å². The SMILES string of the molecule is COc1ccc(OCCNC(=O)[C@@H]2CCC(=O)N3CCC[C@H]3C(=O)N(C)CCOc3ccccc3C(=O)N2)cc1. The van der Waals surface area contributed by atoms with Crippen molar-refractivity contribution in [2.45, 2.75) is 37.8 Å². The van der Waals surface area contributed by atoms with Crippen LogP contribution in [0.3, 0.4) is 0 Å². The van der Waals surface area contributed by atoms with Crippen LogP contribution >= 0.6 is 0 Å². The summed E-state index contributed by atoms with van der Waals surface area (Å²) in [6, 6.07) is 12.3. The zero-order valence-electron chi connectivity index (χ0n) is 22.9. The van der Waals surface area contributed by atoms with E-state index in [1.807, 2.05) is 0 Å². The van der Waals surface area contributed by atoms with Crippen molar-refractivity contribution in [1.29, 1.82) is 0 Å². The molecule has 214 valence electrons. The van der Waals surface area contributed by atoms with Crippen LogP contribution in [0.2, 0.25) is 0 Å². The van der Waals surface area contributed by atoms with Crippen molar-refractivity contribution in [1.82, 2.24) is 20.4 Å². The Balaban J connectivity index is 1.46. The lowest BCUT2D eigenvalue weighted by atomic mass is 10.1. The molecule has 0 aliphatic carbocycles. The number of hydrogen-bond acceptors (Lipinski definition) is 7. The molecule has 2 aliphatic heterocycles. The molecule has 0 aromatic heterocycles. The molecule has 0 spiro atoms. The zero-order chi connectivity index (χ0) is 28.5. The number of likely N-dealkylation sites (N-methyl/N-ethyl adjacent to an activating group) is 1. The number of ether oxygens (including phenoxy) is 3. The zero-order valence-corrected chi connectivity index (χ0v) is 22.9. The maximum atomic E-state index is 13.2. The minimum atomic E-state index is -0.977. The molecule has 1 saturated heterocycles. The molecule has 11 heteroatoms. The number of nitrogens with one attached hydrogen (secondary N) is 2. The van der Waals surface area contributed by atoms with Gasteiger partial charge in [-0.1, -0.05) is 12.1 Å². The third-order valence-corrected chi connectivity index (χ3v) is 7.05. The lowest BCUT2D eigenvalue weighted by Crippen LogP contribution is -2.49.